The summed E-state index contributed by atoms with van der Waals surface area (Å²) in [4.78, 5) is 12.1. The fraction of sp³-hybridized carbons (Fsp3) is 0.278. The van der Waals surface area contributed by atoms with Gasteiger partial charge in [-0.25, -0.2) is 4.57 Å². The maximum absolute atomic E-state index is 13.4. The number of carbonyl (C=O) groups is 1. The van der Waals surface area contributed by atoms with Gasteiger partial charge in [0.1, 0.15) is 17.5 Å². The summed E-state index contributed by atoms with van der Waals surface area (Å²) in [5.41, 5.74) is 0. The number of halogens is 2. The lowest BCUT2D eigenvalue weighted by Crippen LogP contribution is -2.36. The van der Waals surface area contributed by atoms with E-state index >= 15 is 0 Å². The van der Waals surface area contributed by atoms with E-state index in [-0.39, 0.29) is 16.9 Å². The molecule has 2 aromatic carbocycles. The molecule has 6 nitrogen and oxygen atoms in total. The zero-order valence-corrected chi connectivity index (χ0v) is 18.8. The van der Waals surface area contributed by atoms with Crippen LogP contribution in [-0.4, -0.2) is 18.1 Å². The molecule has 146 valence electrons. The summed E-state index contributed by atoms with van der Waals surface area (Å²) in [7, 11) is -4.00. The van der Waals surface area contributed by atoms with Crippen molar-refractivity contribution in [2.45, 2.75) is 32.9 Å². The van der Waals surface area contributed by atoms with E-state index in [0.29, 0.717) is 5.75 Å². The first-order valence-corrected chi connectivity index (χ1v) is 11.2. The highest BCUT2D eigenvalue weighted by molar-refractivity contribution is 14.1. The van der Waals surface area contributed by atoms with E-state index in [0.717, 1.165) is 3.57 Å². The van der Waals surface area contributed by atoms with Gasteiger partial charge >= 0.3 is 13.7 Å². The van der Waals surface area contributed by atoms with E-state index in [1.54, 1.807) is 62.4 Å². The highest BCUT2D eigenvalue weighted by atomic mass is 127. The summed E-state index contributed by atoms with van der Waals surface area (Å²) in [6.45, 7) is 4.98. The summed E-state index contributed by atoms with van der Waals surface area (Å²) >= 11 is 8.28. The van der Waals surface area contributed by atoms with Gasteiger partial charge < -0.3 is 13.8 Å². The molecule has 0 unspecified atom stereocenters. The highest BCUT2D eigenvalue weighted by Crippen LogP contribution is 2.47. The summed E-state index contributed by atoms with van der Waals surface area (Å²) in [5.74, 6) is -0.0770. The third-order valence-electron chi connectivity index (χ3n) is 3.14. The third kappa shape index (κ3) is 6.99. The van der Waals surface area contributed by atoms with Gasteiger partial charge in [0.25, 0.3) is 0 Å². The zero-order valence-electron chi connectivity index (χ0n) is 15.0. The first-order chi connectivity index (χ1) is 12.7. The molecule has 1 N–H and O–H groups in total. The average molecular weight is 524 g/mol. The predicted octanol–water partition coefficient (Wildman–Crippen LogP) is 5.44. The molecule has 0 heterocycles. The van der Waals surface area contributed by atoms with Gasteiger partial charge in [0, 0.05) is 3.57 Å². The molecule has 2 aromatic rings. The zero-order chi connectivity index (χ0) is 20.0. The van der Waals surface area contributed by atoms with Crippen LogP contribution < -0.4 is 14.1 Å². The molecule has 0 bridgehead atoms. The standard InChI is InChI=1S/C18H20ClINO5P/c1-12(2)24-18(22)13(3)21-27(23,25-15-7-5-4-6-8-15)26-17-10-9-14(20)11-16(17)19/h4-13H,1-3H3,(H,21,23)/t13-,27+/m0/s1. The van der Waals surface area contributed by atoms with E-state index in [1.807, 2.05) is 0 Å². The fourth-order valence-electron chi connectivity index (χ4n) is 1.99. The highest BCUT2D eigenvalue weighted by Gasteiger charge is 2.34. The molecular formula is C18H20ClINO5P. The van der Waals surface area contributed by atoms with Crippen molar-refractivity contribution in [1.82, 2.24) is 5.09 Å². The van der Waals surface area contributed by atoms with Crippen LogP contribution in [0, 0.1) is 3.57 Å². The summed E-state index contributed by atoms with van der Waals surface area (Å²) in [6, 6.07) is 12.6. The van der Waals surface area contributed by atoms with Crippen LogP contribution >= 0.6 is 41.9 Å². The molecule has 0 aliphatic rings. The van der Waals surface area contributed by atoms with Gasteiger partial charge in [0.05, 0.1) is 11.1 Å². The molecular weight excluding hydrogens is 504 g/mol. The van der Waals surface area contributed by atoms with Gasteiger partial charge in [-0.05, 0) is 73.7 Å². The van der Waals surface area contributed by atoms with E-state index in [1.165, 1.54) is 6.92 Å². The van der Waals surface area contributed by atoms with Crippen molar-refractivity contribution >= 4 is 47.9 Å². The lowest BCUT2D eigenvalue weighted by Gasteiger charge is -2.24. The Bertz CT molecular complexity index is 834. The average Bonchev–Trinajstić information content (AvgIpc) is 2.57. The Morgan fingerprint density at radius 1 is 1.11 bits per heavy atom. The Labute approximate surface area is 177 Å². The van der Waals surface area contributed by atoms with E-state index in [2.05, 4.69) is 27.7 Å². The van der Waals surface area contributed by atoms with Crippen LogP contribution in [0.25, 0.3) is 0 Å². The number of rotatable bonds is 8. The Kier molecular flexibility index (Phi) is 7.97. The number of esters is 1. The predicted molar refractivity (Wildman–Crippen MR) is 113 cm³/mol. The van der Waals surface area contributed by atoms with E-state index in [9.17, 15) is 9.36 Å². The largest absolute Gasteiger partial charge is 0.513 e. The summed E-state index contributed by atoms with van der Waals surface area (Å²) in [5, 5.41) is 2.89. The molecule has 0 amide bonds. The van der Waals surface area contributed by atoms with Crippen LogP contribution in [-0.2, 0) is 14.1 Å². The third-order valence-corrected chi connectivity index (χ3v) is 5.70. The molecule has 0 saturated heterocycles. The van der Waals surface area contributed by atoms with Crippen LogP contribution in [0.1, 0.15) is 20.8 Å². The second-order valence-corrected chi connectivity index (χ2v) is 9.18. The molecule has 9 heteroatoms. The molecule has 0 radical (unpaired) electrons. The Morgan fingerprint density at radius 3 is 2.37 bits per heavy atom. The number of ether oxygens (including phenoxy) is 1. The molecule has 2 rings (SSSR count). The van der Waals surface area contributed by atoms with Crippen LogP contribution in [0.4, 0.5) is 0 Å². The van der Waals surface area contributed by atoms with Crippen molar-refractivity contribution in [2.24, 2.45) is 0 Å². The van der Waals surface area contributed by atoms with Crippen molar-refractivity contribution in [3.8, 4) is 11.5 Å². The molecule has 27 heavy (non-hydrogen) atoms. The lowest BCUT2D eigenvalue weighted by atomic mass is 10.3. The van der Waals surface area contributed by atoms with Crippen molar-refractivity contribution < 1.29 is 23.1 Å². The number of para-hydroxylation sites is 1. The lowest BCUT2D eigenvalue weighted by molar-refractivity contribution is -0.149. The minimum atomic E-state index is -4.00. The van der Waals surface area contributed by atoms with E-state index < -0.39 is 19.8 Å². The SMILES string of the molecule is CC(C)OC(=O)[C@H](C)N[P@@](=O)(Oc1ccccc1)Oc1ccc(I)cc1Cl. The molecule has 2 atom stereocenters. The van der Waals surface area contributed by atoms with Gasteiger partial charge in [0.2, 0.25) is 0 Å². The normalized spacial score (nSPS) is 14.3. The fourth-order valence-corrected chi connectivity index (χ4v) is 4.48. The molecule has 0 aliphatic carbocycles. The van der Waals surface area contributed by atoms with Crippen LogP contribution in [0.15, 0.2) is 48.5 Å². The maximum atomic E-state index is 13.4. The first kappa shape index (κ1) is 22.0. The number of hydrogen-bond donors (Lipinski definition) is 1. The monoisotopic (exact) mass is 523 g/mol. The van der Waals surface area contributed by atoms with Crippen LogP contribution in [0.5, 0.6) is 11.5 Å². The van der Waals surface area contributed by atoms with Gasteiger partial charge in [-0.2, -0.15) is 5.09 Å². The van der Waals surface area contributed by atoms with Gasteiger partial charge in [-0.15, -0.1) is 0 Å². The molecule has 0 spiro atoms. The van der Waals surface area contributed by atoms with Gasteiger partial charge in [-0.1, -0.05) is 29.8 Å². The molecule has 0 saturated carbocycles. The minimum absolute atomic E-state index is 0.174. The number of hydrogen-bond acceptors (Lipinski definition) is 5. The van der Waals surface area contributed by atoms with Crippen molar-refractivity contribution in [3.05, 3.63) is 57.1 Å². The number of benzene rings is 2. The Hall–Kier alpha value is -1.28. The number of carbonyl (C=O) groups excluding carboxylic acids is 1. The first-order valence-electron chi connectivity index (χ1n) is 8.16. The second kappa shape index (κ2) is 9.78. The Balaban J connectivity index is 2.27. The second-order valence-electron chi connectivity index (χ2n) is 5.90. The van der Waals surface area contributed by atoms with E-state index in [4.69, 9.17) is 25.4 Å². The molecule has 0 aliphatic heterocycles. The number of nitrogens with one attached hydrogen (secondary N) is 1. The van der Waals surface area contributed by atoms with Gasteiger partial charge in [-0.3, -0.25) is 4.79 Å². The Morgan fingerprint density at radius 2 is 1.78 bits per heavy atom. The maximum Gasteiger partial charge on any atom is 0.513 e. The topological polar surface area (TPSA) is 73.9 Å². The summed E-state index contributed by atoms with van der Waals surface area (Å²) < 4.78 is 30.6. The summed E-state index contributed by atoms with van der Waals surface area (Å²) in [6.07, 6.45) is -0.303. The van der Waals surface area contributed by atoms with Crippen LogP contribution in [0.2, 0.25) is 5.02 Å². The van der Waals surface area contributed by atoms with Gasteiger partial charge in [0.15, 0.2) is 0 Å². The quantitative estimate of drug-likeness (QED) is 0.282. The molecule has 0 aromatic heterocycles. The van der Waals surface area contributed by atoms with Crippen molar-refractivity contribution in [3.63, 3.8) is 0 Å². The minimum Gasteiger partial charge on any atom is -0.462 e. The van der Waals surface area contributed by atoms with Crippen LogP contribution in [0.3, 0.4) is 0 Å². The smallest absolute Gasteiger partial charge is 0.462 e. The van der Waals surface area contributed by atoms with Crippen molar-refractivity contribution in [1.29, 1.82) is 0 Å². The van der Waals surface area contributed by atoms with Crippen molar-refractivity contribution in [2.75, 3.05) is 0 Å². The molecule has 0 fully saturated rings.